The molecule has 1 saturated heterocycles. The molecule has 0 bridgehead atoms. The van der Waals surface area contributed by atoms with Gasteiger partial charge in [-0.2, -0.15) is 0 Å². The van der Waals surface area contributed by atoms with Gasteiger partial charge in [0.25, 0.3) is 0 Å². The van der Waals surface area contributed by atoms with E-state index < -0.39 is 0 Å². The van der Waals surface area contributed by atoms with E-state index in [4.69, 9.17) is 9.47 Å². The molecule has 1 heterocycles. The molecule has 104 valence electrons. The van der Waals surface area contributed by atoms with E-state index in [-0.39, 0.29) is 5.97 Å². The van der Waals surface area contributed by atoms with E-state index in [0.29, 0.717) is 12.2 Å². The van der Waals surface area contributed by atoms with Crippen molar-refractivity contribution in [1.29, 1.82) is 0 Å². The fraction of sp³-hybridized carbons (Fsp3) is 0.500. The van der Waals surface area contributed by atoms with Gasteiger partial charge in [0.15, 0.2) is 0 Å². The van der Waals surface area contributed by atoms with E-state index in [1.165, 1.54) is 0 Å². The highest BCUT2D eigenvalue weighted by Gasteiger charge is 2.11. The predicted molar refractivity (Wildman–Crippen MR) is 72.6 cm³/mol. The Hall–Kier alpha value is -1.59. The molecule has 5 nitrogen and oxygen atoms in total. The van der Waals surface area contributed by atoms with Gasteiger partial charge in [-0.15, -0.1) is 0 Å². The van der Waals surface area contributed by atoms with Crippen LogP contribution >= 0.6 is 0 Å². The number of piperazine rings is 1. The molecule has 5 heteroatoms. The standard InChI is InChI=1S/C14H20N2O3/c1-18-13-4-2-12(3-5-13)14(17)19-11-10-16-8-6-15-7-9-16/h2-5,15H,6-11H2,1H3. The topological polar surface area (TPSA) is 50.8 Å². The zero-order valence-corrected chi connectivity index (χ0v) is 11.2. The molecule has 0 aromatic heterocycles. The summed E-state index contributed by atoms with van der Waals surface area (Å²) < 4.78 is 10.3. The van der Waals surface area contributed by atoms with Crippen molar-refractivity contribution in [1.82, 2.24) is 10.2 Å². The number of methoxy groups -OCH3 is 1. The normalized spacial score (nSPS) is 16.1. The van der Waals surface area contributed by atoms with Crippen molar-refractivity contribution in [2.75, 3.05) is 46.4 Å². The molecule has 0 aliphatic carbocycles. The number of hydrogen-bond acceptors (Lipinski definition) is 5. The lowest BCUT2D eigenvalue weighted by atomic mass is 10.2. The molecule has 0 atom stereocenters. The van der Waals surface area contributed by atoms with Gasteiger partial charge in [0, 0.05) is 32.7 Å². The minimum Gasteiger partial charge on any atom is -0.497 e. The van der Waals surface area contributed by atoms with E-state index in [2.05, 4.69) is 10.2 Å². The van der Waals surface area contributed by atoms with Crippen molar-refractivity contribution in [2.45, 2.75) is 0 Å². The summed E-state index contributed by atoms with van der Waals surface area (Å²) in [7, 11) is 1.60. The minimum atomic E-state index is -0.280. The van der Waals surface area contributed by atoms with Crippen LogP contribution in [0.25, 0.3) is 0 Å². The van der Waals surface area contributed by atoms with Gasteiger partial charge in [0.1, 0.15) is 12.4 Å². The lowest BCUT2D eigenvalue weighted by Gasteiger charge is -2.26. The Labute approximate surface area is 113 Å². The van der Waals surface area contributed by atoms with Crippen LogP contribution in [-0.2, 0) is 4.74 Å². The Morgan fingerprint density at radius 2 is 1.95 bits per heavy atom. The van der Waals surface area contributed by atoms with Crippen molar-refractivity contribution in [3.05, 3.63) is 29.8 Å². The highest BCUT2D eigenvalue weighted by Crippen LogP contribution is 2.12. The second-order valence-corrected chi connectivity index (χ2v) is 4.46. The number of rotatable bonds is 5. The monoisotopic (exact) mass is 264 g/mol. The third-order valence-electron chi connectivity index (χ3n) is 3.18. The molecule has 1 N–H and O–H groups in total. The highest BCUT2D eigenvalue weighted by molar-refractivity contribution is 5.89. The average Bonchev–Trinajstić information content (AvgIpc) is 2.48. The summed E-state index contributed by atoms with van der Waals surface area (Å²) in [6, 6.07) is 6.94. The molecule has 0 radical (unpaired) electrons. The van der Waals surface area contributed by atoms with Crippen molar-refractivity contribution in [3.63, 3.8) is 0 Å². The molecule has 0 unspecified atom stereocenters. The number of nitrogens with one attached hydrogen (secondary N) is 1. The molecule has 19 heavy (non-hydrogen) atoms. The van der Waals surface area contributed by atoms with Crippen LogP contribution in [0.3, 0.4) is 0 Å². The van der Waals surface area contributed by atoms with Gasteiger partial charge in [0.2, 0.25) is 0 Å². The molecule has 0 spiro atoms. The Balaban J connectivity index is 1.73. The number of benzene rings is 1. The number of carbonyl (C=O) groups excluding carboxylic acids is 1. The summed E-state index contributed by atoms with van der Waals surface area (Å²) in [6.45, 7) is 5.27. The Morgan fingerprint density at radius 1 is 1.26 bits per heavy atom. The summed E-state index contributed by atoms with van der Waals surface area (Å²) in [5.74, 6) is 0.454. The van der Waals surface area contributed by atoms with Gasteiger partial charge >= 0.3 is 5.97 Å². The molecule has 0 amide bonds. The zero-order chi connectivity index (χ0) is 13.5. The van der Waals surface area contributed by atoms with E-state index in [1.54, 1.807) is 31.4 Å². The van der Waals surface area contributed by atoms with Gasteiger partial charge < -0.3 is 14.8 Å². The second kappa shape index (κ2) is 7.11. The number of nitrogens with zero attached hydrogens (tertiary/aromatic N) is 1. The molecule has 0 saturated carbocycles. The molecular weight excluding hydrogens is 244 g/mol. The van der Waals surface area contributed by atoms with E-state index in [1.807, 2.05) is 0 Å². The number of esters is 1. The minimum absolute atomic E-state index is 0.280. The summed E-state index contributed by atoms with van der Waals surface area (Å²) in [5, 5.41) is 3.29. The molecule has 1 fully saturated rings. The van der Waals surface area contributed by atoms with Crippen molar-refractivity contribution < 1.29 is 14.3 Å². The number of ether oxygens (including phenoxy) is 2. The van der Waals surface area contributed by atoms with Gasteiger partial charge in [0.05, 0.1) is 12.7 Å². The predicted octanol–water partition coefficient (Wildman–Crippen LogP) is 0.757. The summed E-state index contributed by atoms with van der Waals surface area (Å²) in [6.07, 6.45) is 0. The maximum Gasteiger partial charge on any atom is 0.338 e. The maximum absolute atomic E-state index is 11.8. The summed E-state index contributed by atoms with van der Waals surface area (Å²) >= 11 is 0. The first kappa shape index (κ1) is 13.8. The highest BCUT2D eigenvalue weighted by atomic mass is 16.5. The second-order valence-electron chi connectivity index (χ2n) is 4.46. The third kappa shape index (κ3) is 4.22. The van der Waals surface area contributed by atoms with Crippen LogP contribution in [-0.4, -0.2) is 57.3 Å². The van der Waals surface area contributed by atoms with Gasteiger partial charge in [-0.25, -0.2) is 4.79 Å². The Kier molecular flexibility index (Phi) is 5.18. The van der Waals surface area contributed by atoms with Gasteiger partial charge in [-0.3, -0.25) is 4.90 Å². The Bertz CT molecular complexity index is 400. The van der Waals surface area contributed by atoms with Crippen LogP contribution < -0.4 is 10.1 Å². The van der Waals surface area contributed by atoms with E-state index >= 15 is 0 Å². The fourth-order valence-electron chi connectivity index (χ4n) is 2.01. The van der Waals surface area contributed by atoms with Gasteiger partial charge in [-0.05, 0) is 24.3 Å². The summed E-state index contributed by atoms with van der Waals surface area (Å²) in [4.78, 5) is 14.1. The molecule has 1 aromatic carbocycles. The molecule has 2 rings (SSSR count). The lowest BCUT2D eigenvalue weighted by Crippen LogP contribution is -2.44. The zero-order valence-electron chi connectivity index (χ0n) is 11.2. The first-order chi connectivity index (χ1) is 9.29. The largest absolute Gasteiger partial charge is 0.497 e. The summed E-state index contributed by atoms with van der Waals surface area (Å²) in [5.41, 5.74) is 0.557. The maximum atomic E-state index is 11.8. The number of hydrogen-bond donors (Lipinski definition) is 1. The van der Waals surface area contributed by atoms with Crippen LogP contribution in [0.5, 0.6) is 5.75 Å². The van der Waals surface area contributed by atoms with E-state index in [9.17, 15) is 4.79 Å². The van der Waals surface area contributed by atoms with Crippen molar-refractivity contribution >= 4 is 5.97 Å². The fourth-order valence-corrected chi connectivity index (χ4v) is 2.01. The first-order valence-electron chi connectivity index (χ1n) is 6.54. The van der Waals surface area contributed by atoms with Crippen molar-refractivity contribution in [3.8, 4) is 5.75 Å². The van der Waals surface area contributed by atoms with Gasteiger partial charge in [-0.1, -0.05) is 0 Å². The SMILES string of the molecule is COc1ccc(C(=O)OCCN2CCNCC2)cc1. The molecule has 1 aliphatic heterocycles. The van der Waals surface area contributed by atoms with Crippen LogP contribution in [0.15, 0.2) is 24.3 Å². The van der Waals surface area contributed by atoms with Crippen LogP contribution in [0.2, 0.25) is 0 Å². The van der Waals surface area contributed by atoms with Crippen molar-refractivity contribution in [2.24, 2.45) is 0 Å². The molecule has 1 aromatic rings. The van der Waals surface area contributed by atoms with Crippen LogP contribution in [0, 0.1) is 0 Å². The van der Waals surface area contributed by atoms with Crippen LogP contribution in [0.4, 0.5) is 0 Å². The lowest BCUT2D eigenvalue weighted by molar-refractivity contribution is 0.0456. The Morgan fingerprint density at radius 3 is 2.58 bits per heavy atom. The average molecular weight is 264 g/mol. The quantitative estimate of drug-likeness (QED) is 0.796. The first-order valence-corrected chi connectivity index (χ1v) is 6.54. The van der Waals surface area contributed by atoms with E-state index in [0.717, 1.165) is 38.5 Å². The molecule has 1 aliphatic rings. The number of carbonyl (C=O) groups is 1. The van der Waals surface area contributed by atoms with Crippen LogP contribution in [0.1, 0.15) is 10.4 Å². The molecular formula is C14H20N2O3. The third-order valence-corrected chi connectivity index (χ3v) is 3.18. The smallest absolute Gasteiger partial charge is 0.338 e.